The van der Waals surface area contributed by atoms with Crippen LogP contribution in [0, 0.1) is 11.8 Å². The highest BCUT2D eigenvalue weighted by Crippen LogP contribution is 2.43. The molecule has 0 saturated heterocycles. The van der Waals surface area contributed by atoms with E-state index < -0.39 is 73.6 Å². The summed E-state index contributed by atoms with van der Waals surface area (Å²) in [5, 5.41) is 5.22. The van der Waals surface area contributed by atoms with Gasteiger partial charge in [-0.1, -0.05) is 29.8 Å². The lowest BCUT2D eigenvalue weighted by atomic mass is 9.83. The fraction of sp³-hybridized carbons (Fsp3) is 0.464. The van der Waals surface area contributed by atoms with Crippen LogP contribution >= 0.6 is 11.6 Å². The number of halogens is 7. The Morgan fingerprint density at radius 3 is 2.21 bits per heavy atom. The minimum Gasteiger partial charge on any atom is -0.369 e. The molecule has 1 saturated carbocycles. The average Bonchev–Trinajstić information content (AvgIpc) is 3.74. The quantitative estimate of drug-likeness (QED) is 0.276. The highest BCUT2D eigenvalue weighted by Gasteiger charge is 2.41. The molecule has 14 heteroatoms. The summed E-state index contributed by atoms with van der Waals surface area (Å²) in [6.45, 7) is -0.186. The molecule has 2 aromatic carbocycles. The van der Waals surface area contributed by atoms with E-state index in [2.05, 4.69) is 10.6 Å². The van der Waals surface area contributed by atoms with E-state index in [-0.39, 0.29) is 17.3 Å². The van der Waals surface area contributed by atoms with Crippen molar-refractivity contribution in [2.75, 3.05) is 16.8 Å². The minimum atomic E-state index is -4.76. The zero-order valence-electron chi connectivity index (χ0n) is 22.2. The molecule has 1 aliphatic heterocycles. The summed E-state index contributed by atoms with van der Waals surface area (Å²) in [6, 6.07) is 11.1. The summed E-state index contributed by atoms with van der Waals surface area (Å²) < 4.78 is 78.1. The smallest absolute Gasteiger partial charge is 0.369 e. The molecule has 1 fully saturated rings. The molecular formula is C28H29ClF6N4O3. The Bertz CT molecular complexity index is 1330. The number of nitrogens with zero attached hydrogens (tertiary/aromatic N) is 1. The van der Waals surface area contributed by atoms with Crippen molar-refractivity contribution in [3.63, 3.8) is 0 Å². The van der Waals surface area contributed by atoms with Gasteiger partial charge in [0.1, 0.15) is 6.04 Å². The molecule has 228 valence electrons. The molecule has 2 aromatic rings. The molecule has 3 amide bonds. The van der Waals surface area contributed by atoms with Gasteiger partial charge in [-0.05, 0) is 61.4 Å². The number of nitrogens with one attached hydrogen (secondary N) is 2. The van der Waals surface area contributed by atoms with Gasteiger partial charge in [-0.3, -0.25) is 14.4 Å². The maximum atomic E-state index is 13.4. The normalized spacial score (nSPS) is 18.9. The van der Waals surface area contributed by atoms with Crippen LogP contribution in [0.25, 0.3) is 0 Å². The Labute approximate surface area is 242 Å². The molecule has 0 aromatic heterocycles. The van der Waals surface area contributed by atoms with Crippen LogP contribution in [0.5, 0.6) is 0 Å². The molecule has 0 bridgehead atoms. The number of carbonyl (C=O) groups is 3. The number of alkyl halides is 6. The van der Waals surface area contributed by atoms with Crippen molar-refractivity contribution >= 4 is 46.4 Å². The Morgan fingerprint density at radius 2 is 1.62 bits per heavy atom. The van der Waals surface area contributed by atoms with Crippen molar-refractivity contribution in [1.29, 1.82) is 0 Å². The van der Waals surface area contributed by atoms with Gasteiger partial charge >= 0.3 is 12.4 Å². The summed E-state index contributed by atoms with van der Waals surface area (Å²) in [4.78, 5) is 40.5. The van der Waals surface area contributed by atoms with Crippen LogP contribution in [0.3, 0.4) is 0 Å². The molecule has 0 radical (unpaired) electrons. The van der Waals surface area contributed by atoms with E-state index in [1.807, 2.05) is 18.2 Å². The maximum Gasteiger partial charge on any atom is 0.389 e. The van der Waals surface area contributed by atoms with Crippen molar-refractivity contribution in [2.45, 2.75) is 62.8 Å². The van der Waals surface area contributed by atoms with Gasteiger partial charge in [0.25, 0.3) is 0 Å². The van der Waals surface area contributed by atoms with E-state index in [4.69, 9.17) is 17.3 Å². The zero-order chi connectivity index (χ0) is 30.8. The molecular weight excluding hydrogens is 590 g/mol. The third-order valence-electron chi connectivity index (χ3n) is 7.42. The number of fused-ring (bicyclic) bond motifs is 1. The van der Waals surface area contributed by atoms with E-state index in [1.54, 1.807) is 29.2 Å². The number of para-hydroxylation sites is 1. The second-order valence-electron chi connectivity index (χ2n) is 10.6. The van der Waals surface area contributed by atoms with Crippen molar-refractivity contribution < 1.29 is 40.7 Å². The zero-order valence-corrected chi connectivity index (χ0v) is 23.0. The Hall–Kier alpha value is -3.48. The molecule has 0 unspecified atom stereocenters. The molecule has 4 N–H and O–H groups in total. The fourth-order valence-electron chi connectivity index (χ4n) is 5.13. The van der Waals surface area contributed by atoms with Gasteiger partial charge in [-0.15, -0.1) is 0 Å². The summed E-state index contributed by atoms with van der Waals surface area (Å²) in [6.07, 6.45) is -12.5. The predicted molar refractivity (Wildman–Crippen MR) is 144 cm³/mol. The number of benzene rings is 2. The number of nitrogens with two attached hydrogens (primary N) is 1. The highest BCUT2D eigenvalue weighted by molar-refractivity contribution is 6.34. The maximum absolute atomic E-state index is 13.4. The molecule has 0 spiro atoms. The Balaban J connectivity index is 1.65. The first-order chi connectivity index (χ1) is 19.6. The van der Waals surface area contributed by atoms with Gasteiger partial charge in [0.15, 0.2) is 0 Å². The van der Waals surface area contributed by atoms with E-state index in [9.17, 15) is 40.7 Å². The predicted octanol–water partition coefficient (Wildman–Crippen LogP) is 6.20. The monoisotopic (exact) mass is 618 g/mol. The first kappa shape index (κ1) is 31.5. The van der Waals surface area contributed by atoms with Crippen LogP contribution in [-0.2, 0) is 14.4 Å². The number of hydrogen-bond donors (Lipinski definition) is 3. The van der Waals surface area contributed by atoms with Gasteiger partial charge in [0, 0.05) is 30.4 Å². The van der Waals surface area contributed by atoms with E-state index in [1.165, 1.54) is 0 Å². The van der Waals surface area contributed by atoms with Crippen LogP contribution in [0.15, 0.2) is 42.5 Å². The molecule has 1 heterocycles. The number of carbonyl (C=O) groups excluding carboxylic acids is 3. The van der Waals surface area contributed by atoms with Gasteiger partial charge in [-0.2, -0.15) is 26.3 Å². The van der Waals surface area contributed by atoms with Crippen molar-refractivity contribution in [3.8, 4) is 0 Å². The molecule has 2 aliphatic rings. The number of hydrogen-bond acceptors (Lipinski definition) is 4. The first-order valence-electron chi connectivity index (χ1n) is 13.3. The first-order valence-corrected chi connectivity index (χ1v) is 13.7. The van der Waals surface area contributed by atoms with Crippen molar-refractivity contribution in [2.24, 2.45) is 17.6 Å². The van der Waals surface area contributed by atoms with E-state index >= 15 is 0 Å². The SMILES string of the molecule is NC(=O)[C@H](CCC(F)(F)F)[C@H](CCC(F)(F)F)C(=O)N[C@H]1CN(c2cccc(C3CC3)c2)c2cccc(Cl)c2NC1=O. The van der Waals surface area contributed by atoms with Crippen molar-refractivity contribution in [1.82, 2.24) is 5.32 Å². The van der Waals surface area contributed by atoms with Gasteiger partial charge in [0.2, 0.25) is 17.7 Å². The van der Waals surface area contributed by atoms with E-state index in [0.717, 1.165) is 18.4 Å². The Morgan fingerprint density at radius 1 is 1.00 bits per heavy atom. The van der Waals surface area contributed by atoms with Crippen LogP contribution < -0.4 is 21.3 Å². The van der Waals surface area contributed by atoms with Crippen LogP contribution in [0.2, 0.25) is 5.02 Å². The Kier molecular flexibility index (Phi) is 9.29. The second kappa shape index (κ2) is 12.4. The third-order valence-corrected chi connectivity index (χ3v) is 7.74. The second-order valence-corrected chi connectivity index (χ2v) is 11.0. The fourth-order valence-corrected chi connectivity index (χ4v) is 5.35. The minimum absolute atomic E-state index is 0.186. The number of rotatable bonds is 10. The molecule has 4 rings (SSSR count). The topological polar surface area (TPSA) is 105 Å². The van der Waals surface area contributed by atoms with Crippen LogP contribution in [0.1, 0.15) is 50.0 Å². The lowest BCUT2D eigenvalue weighted by molar-refractivity contribution is -0.152. The van der Waals surface area contributed by atoms with Crippen molar-refractivity contribution in [3.05, 3.63) is 53.1 Å². The van der Waals surface area contributed by atoms with Crippen LogP contribution in [0.4, 0.5) is 43.4 Å². The molecule has 3 atom stereocenters. The number of anilines is 3. The number of amides is 3. The standard InChI is InChI=1S/C28H29ClF6N4O3/c29-20-5-2-6-22-23(20)38-26(42)21(14-39(22)17-4-1-3-16(13-17)15-7-8-15)37-25(41)19(10-12-28(33,34)35)18(24(36)40)9-11-27(30,31)32/h1-6,13,15,18-19,21H,7-12,14H2,(H2,36,40)(H,37,41)(H,38,42)/t18-,19+,21+/m1/s1. The lowest BCUT2D eigenvalue weighted by Crippen LogP contribution is -2.52. The van der Waals surface area contributed by atoms with Gasteiger partial charge < -0.3 is 21.3 Å². The largest absolute Gasteiger partial charge is 0.389 e. The molecule has 42 heavy (non-hydrogen) atoms. The summed E-state index contributed by atoms with van der Waals surface area (Å²) >= 11 is 6.38. The summed E-state index contributed by atoms with van der Waals surface area (Å²) in [5.74, 6) is -6.60. The van der Waals surface area contributed by atoms with Crippen LogP contribution in [-0.4, -0.2) is 42.7 Å². The number of primary amides is 1. The van der Waals surface area contributed by atoms with E-state index in [0.29, 0.717) is 17.3 Å². The highest BCUT2D eigenvalue weighted by atomic mass is 35.5. The lowest BCUT2D eigenvalue weighted by Gasteiger charge is -2.30. The average molecular weight is 619 g/mol. The molecule has 1 aliphatic carbocycles. The third kappa shape index (κ3) is 8.08. The van der Waals surface area contributed by atoms with Gasteiger partial charge in [-0.25, -0.2) is 0 Å². The molecule has 7 nitrogen and oxygen atoms in total. The van der Waals surface area contributed by atoms with Gasteiger partial charge in [0.05, 0.1) is 22.9 Å². The summed E-state index contributed by atoms with van der Waals surface area (Å²) in [5.41, 5.74) is 7.74. The summed E-state index contributed by atoms with van der Waals surface area (Å²) in [7, 11) is 0.